The molecule has 1 aromatic heterocycles. The highest BCUT2D eigenvalue weighted by Gasteiger charge is 2.43. The molecule has 0 radical (unpaired) electrons. The monoisotopic (exact) mass is 374 g/mol. The molecular formula is C16H17ClF2N2O2S. The smallest absolute Gasteiger partial charge is 0.395 e. The second-order valence-electron chi connectivity index (χ2n) is 5.62. The fourth-order valence-electron chi connectivity index (χ4n) is 3.12. The van der Waals surface area contributed by atoms with E-state index in [1.807, 2.05) is 11.4 Å². The van der Waals surface area contributed by atoms with Crippen molar-refractivity contribution < 1.29 is 18.3 Å². The van der Waals surface area contributed by atoms with Crippen molar-refractivity contribution in [2.24, 2.45) is 0 Å². The Bertz CT molecular complexity index is 693. The molecule has 4 nitrogen and oxygen atoms in total. The molecule has 3 heterocycles. The molecule has 0 unspecified atom stereocenters. The predicted octanol–water partition coefficient (Wildman–Crippen LogP) is 3.49. The van der Waals surface area contributed by atoms with E-state index in [2.05, 4.69) is 31.1 Å². The Morgan fingerprint density at radius 2 is 1.83 bits per heavy atom. The van der Waals surface area contributed by atoms with Crippen LogP contribution in [0.1, 0.15) is 17.2 Å². The van der Waals surface area contributed by atoms with Gasteiger partial charge in [-0.25, -0.2) is 0 Å². The highest BCUT2D eigenvalue weighted by Crippen LogP contribution is 2.43. The maximum Gasteiger partial charge on any atom is 0.586 e. The van der Waals surface area contributed by atoms with Gasteiger partial charge in [0.25, 0.3) is 0 Å². The minimum Gasteiger partial charge on any atom is -0.395 e. The number of benzene rings is 1. The van der Waals surface area contributed by atoms with Crippen molar-refractivity contribution >= 4 is 23.7 Å². The second kappa shape index (κ2) is 6.84. The third kappa shape index (κ3) is 3.35. The van der Waals surface area contributed by atoms with Crippen LogP contribution in [0.2, 0.25) is 0 Å². The number of nitrogens with zero attached hydrogens (tertiary/aromatic N) is 1. The summed E-state index contributed by atoms with van der Waals surface area (Å²) in [6.07, 6.45) is -3.58. The number of hydrogen-bond donors (Lipinski definition) is 1. The number of ether oxygens (including phenoxy) is 2. The lowest BCUT2D eigenvalue weighted by Crippen LogP contribution is -2.45. The van der Waals surface area contributed by atoms with Gasteiger partial charge in [0, 0.05) is 26.2 Å². The van der Waals surface area contributed by atoms with Gasteiger partial charge in [0.05, 0.1) is 6.04 Å². The summed E-state index contributed by atoms with van der Waals surface area (Å²) in [6, 6.07) is 7.18. The Kier molecular flexibility index (Phi) is 4.96. The van der Waals surface area contributed by atoms with Crippen LogP contribution >= 0.6 is 23.7 Å². The van der Waals surface area contributed by atoms with E-state index < -0.39 is 6.29 Å². The van der Waals surface area contributed by atoms with Crippen LogP contribution in [0.25, 0.3) is 0 Å². The number of nitrogens with one attached hydrogen (secondary N) is 1. The molecule has 2 aromatic rings. The molecule has 1 N–H and O–H groups in total. The van der Waals surface area contributed by atoms with E-state index in [4.69, 9.17) is 0 Å². The molecule has 1 aromatic carbocycles. The highest BCUT2D eigenvalue weighted by atomic mass is 35.5. The summed E-state index contributed by atoms with van der Waals surface area (Å²) in [6.45, 7) is 3.66. The van der Waals surface area contributed by atoms with Gasteiger partial charge in [0.15, 0.2) is 11.5 Å². The Morgan fingerprint density at radius 3 is 2.54 bits per heavy atom. The van der Waals surface area contributed by atoms with Gasteiger partial charge in [-0.2, -0.15) is 11.3 Å². The summed E-state index contributed by atoms with van der Waals surface area (Å²) in [4.78, 5) is 2.36. The minimum absolute atomic E-state index is 0. The maximum atomic E-state index is 13.2. The third-order valence-electron chi connectivity index (χ3n) is 4.12. The number of hydrogen-bond acceptors (Lipinski definition) is 5. The number of rotatable bonds is 3. The van der Waals surface area contributed by atoms with Crippen molar-refractivity contribution in [3.63, 3.8) is 0 Å². The highest BCUT2D eigenvalue weighted by molar-refractivity contribution is 7.08. The minimum atomic E-state index is -3.58. The van der Waals surface area contributed by atoms with Crippen LogP contribution in [-0.4, -0.2) is 37.4 Å². The Labute approximate surface area is 148 Å². The lowest BCUT2D eigenvalue weighted by Gasteiger charge is -2.35. The molecule has 0 spiro atoms. The largest absolute Gasteiger partial charge is 0.586 e. The van der Waals surface area contributed by atoms with Gasteiger partial charge in [-0.05, 0) is 40.1 Å². The molecule has 0 aliphatic carbocycles. The average molecular weight is 375 g/mol. The second-order valence-corrected chi connectivity index (χ2v) is 6.40. The van der Waals surface area contributed by atoms with E-state index in [-0.39, 0.29) is 29.9 Å². The topological polar surface area (TPSA) is 33.7 Å². The Hall–Kier alpha value is -1.41. The Balaban J connectivity index is 0.00000169. The van der Waals surface area contributed by atoms with Gasteiger partial charge in [-0.15, -0.1) is 21.2 Å². The van der Waals surface area contributed by atoms with Crippen molar-refractivity contribution in [3.05, 3.63) is 46.2 Å². The van der Waals surface area contributed by atoms with Crippen molar-refractivity contribution in [2.45, 2.75) is 12.3 Å². The van der Waals surface area contributed by atoms with E-state index >= 15 is 0 Å². The molecule has 24 heavy (non-hydrogen) atoms. The SMILES string of the molecule is Cl.FC1(F)Oc2ccc([C@H](c3ccsc3)N3CCNCC3)cc2O1. The van der Waals surface area contributed by atoms with E-state index in [9.17, 15) is 8.78 Å². The molecule has 0 saturated carbocycles. The van der Waals surface area contributed by atoms with Gasteiger partial charge in [0.2, 0.25) is 0 Å². The number of thiophene rings is 1. The van der Waals surface area contributed by atoms with E-state index in [0.29, 0.717) is 0 Å². The molecule has 1 atom stereocenters. The lowest BCUT2D eigenvalue weighted by molar-refractivity contribution is -0.286. The molecule has 2 aliphatic rings. The van der Waals surface area contributed by atoms with E-state index in [0.717, 1.165) is 31.7 Å². The van der Waals surface area contributed by atoms with Crippen molar-refractivity contribution in [1.82, 2.24) is 10.2 Å². The van der Waals surface area contributed by atoms with Crippen molar-refractivity contribution in [3.8, 4) is 11.5 Å². The van der Waals surface area contributed by atoms with E-state index in [1.54, 1.807) is 23.5 Å². The van der Waals surface area contributed by atoms with Crippen LogP contribution < -0.4 is 14.8 Å². The van der Waals surface area contributed by atoms with Crippen LogP contribution in [-0.2, 0) is 0 Å². The molecule has 4 rings (SSSR count). The first-order chi connectivity index (χ1) is 11.1. The normalized spacial score (nSPS) is 20.4. The van der Waals surface area contributed by atoms with E-state index in [1.165, 1.54) is 5.56 Å². The van der Waals surface area contributed by atoms with Gasteiger partial charge >= 0.3 is 6.29 Å². The summed E-state index contributed by atoms with van der Waals surface area (Å²) in [5.74, 6) is 0.186. The van der Waals surface area contributed by atoms with Gasteiger partial charge in [-0.3, -0.25) is 4.90 Å². The number of fused-ring (bicyclic) bond motifs is 1. The fourth-order valence-corrected chi connectivity index (χ4v) is 3.80. The van der Waals surface area contributed by atoms with Crippen molar-refractivity contribution in [2.75, 3.05) is 26.2 Å². The zero-order chi connectivity index (χ0) is 15.9. The molecule has 1 saturated heterocycles. The maximum absolute atomic E-state index is 13.2. The third-order valence-corrected chi connectivity index (χ3v) is 4.82. The predicted molar refractivity (Wildman–Crippen MR) is 90.5 cm³/mol. The zero-order valence-electron chi connectivity index (χ0n) is 12.7. The molecule has 0 amide bonds. The van der Waals surface area contributed by atoms with Crippen LogP contribution in [0.15, 0.2) is 35.0 Å². The summed E-state index contributed by atoms with van der Waals surface area (Å²) in [5.41, 5.74) is 2.10. The average Bonchev–Trinajstić information content (AvgIpc) is 3.14. The number of piperazine rings is 1. The summed E-state index contributed by atoms with van der Waals surface area (Å²) >= 11 is 1.63. The molecular weight excluding hydrogens is 358 g/mol. The summed E-state index contributed by atoms with van der Waals surface area (Å²) in [7, 11) is 0. The standard InChI is InChI=1S/C16H16F2N2O2S.ClH/c17-16(18)21-13-2-1-11(9-14(13)22-16)15(12-3-8-23-10-12)20-6-4-19-5-7-20;/h1-3,8-10,15,19H,4-7H2;1H/t15-;/m1./s1. The molecule has 1 fully saturated rings. The molecule has 0 bridgehead atoms. The van der Waals surface area contributed by atoms with Crippen LogP contribution in [0, 0.1) is 0 Å². The van der Waals surface area contributed by atoms with Gasteiger partial charge in [0.1, 0.15) is 0 Å². The van der Waals surface area contributed by atoms with Gasteiger partial charge in [-0.1, -0.05) is 6.07 Å². The van der Waals surface area contributed by atoms with Crippen LogP contribution in [0.5, 0.6) is 11.5 Å². The molecule has 2 aliphatic heterocycles. The number of alkyl halides is 2. The molecule has 8 heteroatoms. The molecule has 130 valence electrons. The lowest BCUT2D eigenvalue weighted by atomic mass is 9.98. The number of halogens is 3. The first-order valence-corrected chi connectivity index (χ1v) is 8.43. The van der Waals surface area contributed by atoms with Crippen LogP contribution in [0.3, 0.4) is 0 Å². The quantitative estimate of drug-likeness (QED) is 0.891. The van der Waals surface area contributed by atoms with Crippen LogP contribution in [0.4, 0.5) is 8.78 Å². The Morgan fingerprint density at radius 1 is 1.08 bits per heavy atom. The first kappa shape index (κ1) is 17.4. The summed E-state index contributed by atoms with van der Waals surface area (Å²) in [5, 5.41) is 7.47. The van der Waals surface area contributed by atoms with Gasteiger partial charge < -0.3 is 14.8 Å². The zero-order valence-corrected chi connectivity index (χ0v) is 14.3. The summed E-state index contributed by atoms with van der Waals surface area (Å²) < 4.78 is 35.6. The van der Waals surface area contributed by atoms with Crippen molar-refractivity contribution in [1.29, 1.82) is 0 Å². The first-order valence-electron chi connectivity index (χ1n) is 7.49. The fraction of sp³-hybridized carbons (Fsp3) is 0.375.